The second-order valence-corrected chi connectivity index (χ2v) is 7.02. The first-order valence-electron chi connectivity index (χ1n) is 5.80. The maximum atomic E-state index is 6.43. The highest BCUT2D eigenvalue weighted by molar-refractivity contribution is 7.15. The van der Waals surface area contributed by atoms with Gasteiger partial charge in [-0.3, -0.25) is 0 Å². The van der Waals surface area contributed by atoms with Gasteiger partial charge in [-0.1, -0.05) is 39.3 Å². The molecule has 1 aliphatic carbocycles. The van der Waals surface area contributed by atoms with Crippen molar-refractivity contribution in [1.29, 1.82) is 0 Å². The van der Waals surface area contributed by atoms with Crippen molar-refractivity contribution in [2.45, 2.75) is 40.2 Å². The van der Waals surface area contributed by atoms with Crippen LogP contribution in [0.25, 0.3) is 0 Å². The summed E-state index contributed by atoms with van der Waals surface area (Å²) in [5.74, 6) is 1.12. The number of hydrogen-bond donors (Lipinski definition) is 1. The van der Waals surface area contributed by atoms with Crippen LogP contribution in [0.4, 0.5) is 0 Å². The molecule has 0 fully saturated rings. The normalized spacial score (nSPS) is 23.1. The average Bonchev–Trinajstić information content (AvgIpc) is 2.63. The molecule has 0 saturated heterocycles. The molecule has 2 N–H and O–H groups in total. The summed E-state index contributed by atoms with van der Waals surface area (Å²) in [6.45, 7) is 9.05. The lowest BCUT2D eigenvalue weighted by Crippen LogP contribution is -2.41. The maximum Gasteiger partial charge on any atom is 0.184 e. The molecule has 90 valence electrons. The van der Waals surface area contributed by atoms with Crippen LogP contribution in [-0.2, 0) is 6.42 Å². The van der Waals surface area contributed by atoms with Gasteiger partial charge in [-0.25, -0.2) is 4.98 Å². The summed E-state index contributed by atoms with van der Waals surface area (Å²) >= 11 is 7.54. The SMILES string of the molecule is CC(C)C1(C(C)C)Cc2sc(Cl)nc2[C@H]1N. The third-order valence-electron chi connectivity index (χ3n) is 4.19. The molecular weight excluding hydrogens is 240 g/mol. The van der Waals surface area contributed by atoms with E-state index in [4.69, 9.17) is 17.3 Å². The van der Waals surface area contributed by atoms with Crippen LogP contribution < -0.4 is 5.73 Å². The van der Waals surface area contributed by atoms with E-state index in [1.807, 2.05) is 0 Å². The van der Waals surface area contributed by atoms with Crippen LogP contribution in [0.15, 0.2) is 0 Å². The summed E-state index contributed by atoms with van der Waals surface area (Å²) in [4.78, 5) is 5.68. The number of thiazole rings is 1. The monoisotopic (exact) mass is 258 g/mol. The Bertz CT molecular complexity index is 390. The Morgan fingerprint density at radius 3 is 2.38 bits per heavy atom. The van der Waals surface area contributed by atoms with Gasteiger partial charge in [-0.2, -0.15) is 0 Å². The van der Waals surface area contributed by atoms with Crippen molar-refractivity contribution >= 4 is 22.9 Å². The minimum atomic E-state index is 0.0336. The Hall–Kier alpha value is -0.120. The van der Waals surface area contributed by atoms with E-state index in [0.29, 0.717) is 16.3 Å². The summed E-state index contributed by atoms with van der Waals surface area (Å²) in [5.41, 5.74) is 7.62. The second-order valence-electron chi connectivity index (χ2n) is 5.35. The first-order valence-corrected chi connectivity index (χ1v) is 6.99. The molecule has 1 aromatic rings. The zero-order chi connectivity index (χ0) is 12.1. The lowest BCUT2D eigenvalue weighted by molar-refractivity contribution is 0.0888. The lowest BCUT2D eigenvalue weighted by atomic mass is 9.65. The first-order chi connectivity index (χ1) is 7.39. The van der Waals surface area contributed by atoms with E-state index in [2.05, 4.69) is 32.7 Å². The van der Waals surface area contributed by atoms with Crippen LogP contribution in [0.5, 0.6) is 0 Å². The number of rotatable bonds is 2. The molecular formula is C12H19ClN2S. The Kier molecular flexibility index (Phi) is 3.06. The Morgan fingerprint density at radius 2 is 1.94 bits per heavy atom. The third-order valence-corrected chi connectivity index (χ3v) is 5.37. The summed E-state index contributed by atoms with van der Waals surface area (Å²) < 4.78 is 0.626. The quantitative estimate of drug-likeness (QED) is 0.880. The van der Waals surface area contributed by atoms with Crippen molar-refractivity contribution in [3.8, 4) is 0 Å². The van der Waals surface area contributed by atoms with Gasteiger partial charge in [0.25, 0.3) is 0 Å². The molecule has 1 aliphatic rings. The number of aromatic nitrogens is 1. The Morgan fingerprint density at radius 1 is 1.38 bits per heavy atom. The molecule has 1 atom stereocenters. The van der Waals surface area contributed by atoms with Crippen molar-refractivity contribution in [3.05, 3.63) is 15.0 Å². The van der Waals surface area contributed by atoms with Crippen molar-refractivity contribution in [1.82, 2.24) is 4.98 Å². The van der Waals surface area contributed by atoms with Gasteiger partial charge in [-0.05, 0) is 18.3 Å². The number of fused-ring (bicyclic) bond motifs is 1. The molecule has 1 heterocycles. The van der Waals surface area contributed by atoms with Gasteiger partial charge in [0.1, 0.15) is 0 Å². The maximum absolute atomic E-state index is 6.43. The lowest BCUT2D eigenvalue weighted by Gasteiger charge is -2.41. The molecule has 0 unspecified atom stereocenters. The van der Waals surface area contributed by atoms with Gasteiger partial charge in [0.15, 0.2) is 4.47 Å². The van der Waals surface area contributed by atoms with Crippen molar-refractivity contribution in [2.75, 3.05) is 0 Å². The highest BCUT2D eigenvalue weighted by atomic mass is 35.5. The fourth-order valence-corrected chi connectivity index (χ4v) is 4.46. The van der Waals surface area contributed by atoms with E-state index in [1.54, 1.807) is 11.3 Å². The van der Waals surface area contributed by atoms with Crippen molar-refractivity contribution in [2.24, 2.45) is 23.0 Å². The summed E-state index contributed by atoms with van der Waals surface area (Å²) in [6.07, 6.45) is 1.03. The van der Waals surface area contributed by atoms with Crippen molar-refractivity contribution < 1.29 is 0 Å². The minimum Gasteiger partial charge on any atom is -0.322 e. The van der Waals surface area contributed by atoms with Gasteiger partial charge in [0.2, 0.25) is 0 Å². The van der Waals surface area contributed by atoms with E-state index in [0.717, 1.165) is 12.1 Å². The molecule has 0 amide bonds. The van der Waals surface area contributed by atoms with E-state index >= 15 is 0 Å². The predicted octanol–water partition coefficient (Wildman–Crippen LogP) is 3.65. The molecule has 0 bridgehead atoms. The number of hydrogen-bond acceptors (Lipinski definition) is 3. The fraction of sp³-hybridized carbons (Fsp3) is 0.750. The van der Waals surface area contributed by atoms with Crippen LogP contribution in [0.3, 0.4) is 0 Å². The summed E-state index contributed by atoms with van der Waals surface area (Å²) in [6, 6.07) is 0.0336. The van der Waals surface area contributed by atoms with Gasteiger partial charge in [-0.15, -0.1) is 11.3 Å². The number of nitrogens with zero attached hydrogens (tertiary/aromatic N) is 1. The van der Waals surface area contributed by atoms with Crippen LogP contribution in [0.1, 0.15) is 44.3 Å². The molecule has 0 aliphatic heterocycles. The Balaban J connectivity index is 2.45. The Labute approximate surface area is 106 Å². The highest BCUT2D eigenvalue weighted by Gasteiger charge is 2.50. The van der Waals surface area contributed by atoms with Crippen LogP contribution in [0, 0.1) is 17.3 Å². The molecule has 0 saturated carbocycles. The average molecular weight is 259 g/mol. The van der Waals surface area contributed by atoms with Gasteiger partial charge in [0, 0.05) is 10.3 Å². The zero-order valence-electron chi connectivity index (χ0n) is 10.2. The largest absolute Gasteiger partial charge is 0.322 e. The molecule has 2 rings (SSSR count). The minimum absolute atomic E-state index is 0.0336. The third kappa shape index (κ3) is 1.52. The second kappa shape index (κ2) is 3.97. The molecule has 0 radical (unpaired) electrons. The van der Waals surface area contributed by atoms with Gasteiger partial charge in [0.05, 0.1) is 11.7 Å². The smallest absolute Gasteiger partial charge is 0.184 e. The van der Waals surface area contributed by atoms with E-state index in [1.165, 1.54) is 4.88 Å². The van der Waals surface area contributed by atoms with E-state index < -0.39 is 0 Å². The molecule has 16 heavy (non-hydrogen) atoms. The van der Waals surface area contributed by atoms with Crippen LogP contribution >= 0.6 is 22.9 Å². The van der Waals surface area contributed by atoms with E-state index in [9.17, 15) is 0 Å². The molecule has 2 nitrogen and oxygen atoms in total. The van der Waals surface area contributed by atoms with Crippen LogP contribution in [0.2, 0.25) is 4.47 Å². The fourth-order valence-electron chi connectivity index (χ4n) is 3.14. The standard InChI is InChI=1S/C12H19ClN2S/c1-6(2)12(7(3)4)5-8-9(10(12)14)15-11(13)16-8/h6-7,10H,5,14H2,1-4H3/t10-/m1/s1. The van der Waals surface area contributed by atoms with Gasteiger partial charge >= 0.3 is 0 Å². The number of nitrogens with two attached hydrogens (primary N) is 1. The van der Waals surface area contributed by atoms with E-state index in [-0.39, 0.29) is 11.5 Å². The molecule has 0 aromatic carbocycles. The van der Waals surface area contributed by atoms with Crippen molar-refractivity contribution in [3.63, 3.8) is 0 Å². The first kappa shape index (κ1) is 12.3. The predicted molar refractivity (Wildman–Crippen MR) is 69.9 cm³/mol. The molecule has 1 aromatic heterocycles. The van der Waals surface area contributed by atoms with Crippen LogP contribution in [-0.4, -0.2) is 4.98 Å². The van der Waals surface area contributed by atoms with Gasteiger partial charge < -0.3 is 5.73 Å². The highest BCUT2D eigenvalue weighted by Crippen LogP contribution is 2.55. The topological polar surface area (TPSA) is 38.9 Å². The molecule has 0 spiro atoms. The zero-order valence-corrected chi connectivity index (χ0v) is 11.8. The molecule has 4 heteroatoms. The number of halogens is 1. The summed E-state index contributed by atoms with van der Waals surface area (Å²) in [7, 11) is 0. The summed E-state index contributed by atoms with van der Waals surface area (Å²) in [5, 5.41) is 0.